The predicted octanol–water partition coefficient (Wildman–Crippen LogP) is 5.79. The molecule has 24 heavy (non-hydrogen) atoms. The van der Waals surface area contributed by atoms with Crippen molar-refractivity contribution < 1.29 is 14.6 Å². The van der Waals surface area contributed by atoms with Gasteiger partial charge in [-0.15, -0.1) is 11.8 Å². The number of rotatable bonds is 7. The van der Waals surface area contributed by atoms with Gasteiger partial charge in [0.25, 0.3) is 0 Å². The fraction of sp³-hybridized carbons (Fsp3) is 0.167. The SMILES string of the molecule is Cc1cc(SCC=C(I)c2ccc(Br)cc2)ccc1OCC(=O)O. The van der Waals surface area contributed by atoms with E-state index in [-0.39, 0.29) is 6.61 Å². The van der Waals surface area contributed by atoms with Gasteiger partial charge in [-0.05, 0) is 71.0 Å². The molecule has 0 unspecified atom stereocenters. The summed E-state index contributed by atoms with van der Waals surface area (Å²) in [5, 5.41) is 8.66. The molecule has 0 aliphatic carbocycles. The van der Waals surface area contributed by atoms with E-state index < -0.39 is 5.97 Å². The largest absolute Gasteiger partial charge is 0.482 e. The average Bonchev–Trinajstić information content (AvgIpc) is 2.54. The highest BCUT2D eigenvalue weighted by Crippen LogP contribution is 2.28. The first-order valence-electron chi connectivity index (χ1n) is 7.15. The summed E-state index contributed by atoms with van der Waals surface area (Å²) in [6.45, 7) is 1.60. The molecule has 3 nitrogen and oxygen atoms in total. The summed E-state index contributed by atoms with van der Waals surface area (Å²) < 4.78 is 7.53. The van der Waals surface area contributed by atoms with Crippen LogP contribution in [0.3, 0.4) is 0 Å². The number of hydrogen-bond acceptors (Lipinski definition) is 3. The Morgan fingerprint density at radius 2 is 2.00 bits per heavy atom. The topological polar surface area (TPSA) is 46.5 Å². The van der Waals surface area contributed by atoms with Crippen molar-refractivity contribution in [2.75, 3.05) is 12.4 Å². The monoisotopic (exact) mass is 518 g/mol. The number of thioether (sulfide) groups is 1. The minimum absolute atomic E-state index is 0.318. The highest BCUT2D eigenvalue weighted by atomic mass is 127. The molecule has 0 spiro atoms. The van der Waals surface area contributed by atoms with Gasteiger partial charge in [0.2, 0.25) is 0 Å². The van der Waals surface area contributed by atoms with Gasteiger partial charge in [0.15, 0.2) is 6.61 Å². The number of halogens is 2. The van der Waals surface area contributed by atoms with E-state index in [0.717, 1.165) is 20.7 Å². The fourth-order valence-corrected chi connectivity index (χ4v) is 3.96. The van der Waals surface area contributed by atoms with Gasteiger partial charge in [0.1, 0.15) is 5.75 Å². The van der Waals surface area contributed by atoms with Crippen LogP contribution in [0.5, 0.6) is 5.75 Å². The molecule has 1 N–H and O–H groups in total. The molecule has 0 saturated carbocycles. The van der Waals surface area contributed by atoms with Crippen LogP contribution >= 0.6 is 50.3 Å². The zero-order chi connectivity index (χ0) is 17.5. The van der Waals surface area contributed by atoms with Crippen LogP contribution in [0.4, 0.5) is 0 Å². The molecule has 0 radical (unpaired) electrons. The van der Waals surface area contributed by atoms with Crippen molar-refractivity contribution in [3.63, 3.8) is 0 Å². The lowest BCUT2D eigenvalue weighted by Crippen LogP contribution is -2.09. The number of ether oxygens (including phenoxy) is 1. The average molecular weight is 519 g/mol. The third-order valence-electron chi connectivity index (χ3n) is 3.13. The van der Waals surface area contributed by atoms with Gasteiger partial charge in [0.05, 0.1) is 0 Å². The summed E-state index contributed by atoms with van der Waals surface area (Å²) in [5.41, 5.74) is 2.14. The molecular formula is C18H16BrIO3S. The van der Waals surface area contributed by atoms with Crippen LogP contribution in [0.25, 0.3) is 3.58 Å². The minimum atomic E-state index is -0.972. The molecule has 0 heterocycles. The molecule has 0 amide bonds. The fourth-order valence-electron chi connectivity index (χ4n) is 1.95. The van der Waals surface area contributed by atoms with Crippen LogP contribution in [0, 0.1) is 6.92 Å². The molecular weight excluding hydrogens is 503 g/mol. The molecule has 0 fully saturated rings. The molecule has 2 rings (SSSR count). The zero-order valence-electron chi connectivity index (χ0n) is 13.0. The van der Waals surface area contributed by atoms with Crippen LogP contribution < -0.4 is 4.74 Å². The Balaban J connectivity index is 1.94. The van der Waals surface area contributed by atoms with Crippen LogP contribution in [0.15, 0.2) is 57.9 Å². The van der Waals surface area contributed by atoms with Gasteiger partial charge in [-0.2, -0.15) is 0 Å². The summed E-state index contributed by atoms with van der Waals surface area (Å²) in [4.78, 5) is 11.7. The van der Waals surface area contributed by atoms with E-state index in [0.29, 0.717) is 5.75 Å². The molecule has 0 bridgehead atoms. The first-order valence-corrected chi connectivity index (χ1v) is 10.0. The zero-order valence-corrected chi connectivity index (χ0v) is 17.5. The number of carbonyl (C=O) groups is 1. The number of aliphatic carboxylic acids is 1. The van der Waals surface area contributed by atoms with E-state index in [1.165, 1.54) is 9.14 Å². The van der Waals surface area contributed by atoms with E-state index in [4.69, 9.17) is 9.84 Å². The molecule has 0 aromatic heterocycles. The predicted molar refractivity (Wildman–Crippen MR) is 111 cm³/mol. The molecule has 6 heteroatoms. The van der Waals surface area contributed by atoms with Crippen molar-refractivity contribution in [1.82, 2.24) is 0 Å². The molecule has 2 aromatic rings. The summed E-state index contributed by atoms with van der Waals surface area (Å²) in [6.07, 6.45) is 2.19. The number of carboxylic acid groups (broad SMARTS) is 1. The van der Waals surface area contributed by atoms with Crippen molar-refractivity contribution in [3.05, 3.63) is 64.1 Å². The maximum Gasteiger partial charge on any atom is 0.341 e. The van der Waals surface area contributed by atoms with Crippen molar-refractivity contribution in [1.29, 1.82) is 0 Å². The first-order chi connectivity index (χ1) is 11.5. The molecule has 0 aliphatic heterocycles. The molecule has 126 valence electrons. The molecule has 0 saturated heterocycles. The van der Waals surface area contributed by atoms with Crippen molar-refractivity contribution >= 4 is 59.8 Å². The van der Waals surface area contributed by atoms with Crippen molar-refractivity contribution in [2.45, 2.75) is 11.8 Å². The second kappa shape index (κ2) is 9.48. The van der Waals surface area contributed by atoms with Gasteiger partial charge >= 0.3 is 5.97 Å². The Morgan fingerprint density at radius 3 is 2.62 bits per heavy atom. The van der Waals surface area contributed by atoms with Crippen molar-refractivity contribution in [2.24, 2.45) is 0 Å². The number of hydrogen-bond donors (Lipinski definition) is 1. The summed E-state index contributed by atoms with van der Waals surface area (Å²) >= 11 is 7.52. The van der Waals surface area contributed by atoms with Gasteiger partial charge in [-0.25, -0.2) is 4.79 Å². The van der Waals surface area contributed by atoms with E-state index in [9.17, 15) is 4.79 Å². The van der Waals surface area contributed by atoms with Crippen LogP contribution in [0.2, 0.25) is 0 Å². The smallest absolute Gasteiger partial charge is 0.341 e. The third kappa shape index (κ3) is 6.14. The van der Waals surface area contributed by atoms with Gasteiger partial charge in [-0.1, -0.05) is 34.1 Å². The van der Waals surface area contributed by atoms with Gasteiger partial charge in [0, 0.05) is 18.7 Å². The van der Waals surface area contributed by atoms with Crippen molar-refractivity contribution in [3.8, 4) is 5.75 Å². The van der Waals surface area contributed by atoms with Crippen LogP contribution in [0.1, 0.15) is 11.1 Å². The van der Waals surface area contributed by atoms with Gasteiger partial charge in [-0.3, -0.25) is 0 Å². The normalized spacial score (nSPS) is 11.4. The van der Waals surface area contributed by atoms with Crippen LogP contribution in [-0.2, 0) is 4.79 Å². The molecule has 0 aliphatic rings. The molecule has 2 aromatic carbocycles. The number of carboxylic acids is 1. The van der Waals surface area contributed by atoms with E-state index in [1.54, 1.807) is 11.8 Å². The highest BCUT2D eigenvalue weighted by molar-refractivity contribution is 14.1. The Hall–Kier alpha value is -0.990. The number of aryl methyl sites for hydroxylation is 1. The maximum atomic E-state index is 10.6. The minimum Gasteiger partial charge on any atom is -0.482 e. The summed E-state index contributed by atoms with van der Waals surface area (Å²) in [6, 6.07) is 14.0. The second-order valence-electron chi connectivity index (χ2n) is 4.98. The highest BCUT2D eigenvalue weighted by Gasteiger charge is 2.04. The Bertz CT molecular complexity index is 744. The Morgan fingerprint density at radius 1 is 1.29 bits per heavy atom. The summed E-state index contributed by atoms with van der Waals surface area (Å²) in [7, 11) is 0. The lowest BCUT2D eigenvalue weighted by atomic mass is 10.2. The summed E-state index contributed by atoms with van der Waals surface area (Å²) in [5.74, 6) is 0.505. The van der Waals surface area contributed by atoms with E-state index in [1.807, 2.05) is 37.3 Å². The lowest BCUT2D eigenvalue weighted by Gasteiger charge is -2.08. The van der Waals surface area contributed by atoms with Crippen LogP contribution in [-0.4, -0.2) is 23.4 Å². The first kappa shape index (κ1) is 19.3. The van der Waals surface area contributed by atoms with E-state index >= 15 is 0 Å². The second-order valence-corrected chi connectivity index (χ2v) is 8.15. The quantitative estimate of drug-likeness (QED) is 0.372. The standard InChI is InChI=1S/C18H16BrIO3S/c1-12-10-15(6-7-17(12)23-11-18(21)22)24-9-8-16(20)13-2-4-14(19)5-3-13/h2-8,10H,9,11H2,1H3,(H,21,22). The van der Waals surface area contributed by atoms with Gasteiger partial charge < -0.3 is 9.84 Å². The third-order valence-corrected chi connectivity index (χ3v) is 5.64. The lowest BCUT2D eigenvalue weighted by molar-refractivity contribution is -0.139. The molecule has 0 atom stereocenters. The Labute approximate surface area is 167 Å². The van der Waals surface area contributed by atoms with E-state index in [2.05, 4.69) is 56.7 Å². The maximum absolute atomic E-state index is 10.6. The Kier molecular flexibility index (Phi) is 7.64. The number of benzene rings is 2.